The first-order chi connectivity index (χ1) is 13.8. The standard InChI is InChI=1S/C24H25NO4/c1-4-6-20(15-23(27)28)18-9-11-21(12-10-18)25-24(29)22(26)14-17-7-5-8-19(13-17)16(2)3/h5,7-13,16,20H,14-15H2,1-3H3,(H,25,29)(H,27,28)/t20-/m0/s1. The molecule has 0 unspecified atom stereocenters. The first kappa shape index (κ1) is 21.9. The van der Waals surface area contributed by atoms with E-state index < -0.39 is 23.6 Å². The zero-order valence-corrected chi connectivity index (χ0v) is 16.9. The molecule has 0 aliphatic rings. The molecule has 0 spiro atoms. The van der Waals surface area contributed by atoms with Crippen molar-refractivity contribution in [1.82, 2.24) is 0 Å². The summed E-state index contributed by atoms with van der Waals surface area (Å²) in [7, 11) is 0. The van der Waals surface area contributed by atoms with E-state index in [1.54, 1.807) is 31.2 Å². The predicted octanol–water partition coefficient (Wildman–Crippen LogP) is 4.14. The minimum Gasteiger partial charge on any atom is -0.481 e. The molecule has 0 saturated heterocycles. The van der Waals surface area contributed by atoms with Crippen molar-refractivity contribution in [3.63, 3.8) is 0 Å². The highest BCUT2D eigenvalue weighted by molar-refractivity contribution is 6.41. The van der Waals surface area contributed by atoms with E-state index in [9.17, 15) is 14.4 Å². The number of carbonyl (C=O) groups excluding carboxylic acids is 2. The average Bonchev–Trinajstić information content (AvgIpc) is 2.68. The zero-order chi connectivity index (χ0) is 21.4. The number of amides is 1. The number of hydrogen-bond acceptors (Lipinski definition) is 3. The Labute approximate surface area is 171 Å². The van der Waals surface area contributed by atoms with Crippen LogP contribution in [0.5, 0.6) is 0 Å². The van der Waals surface area contributed by atoms with Crippen molar-refractivity contribution in [3.05, 3.63) is 65.2 Å². The van der Waals surface area contributed by atoms with Crippen LogP contribution in [0.4, 0.5) is 5.69 Å². The summed E-state index contributed by atoms with van der Waals surface area (Å²) in [5, 5.41) is 11.6. The number of nitrogens with one attached hydrogen (secondary N) is 1. The van der Waals surface area contributed by atoms with Crippen LogP contribution >= 0.6 is 0 Å². The minimum absolute atomic E-state index is 0.0389. The maximum atomic E-state index is 12.3. The maximum Gasteiger partial charge on any atom is 0.304 e. The van der Waals surface area contributed by atoms with Crippen LogP contribution in [-0.2, 0) is 20.8 Å². The number of rotatable bonds is 8. The molecule has 2 aromatic rings. The fourth-order valence-electron chi connectivity index (χ4n) is 2.93. The summed E-state index contributed by atoms with van der Waals surface area (Å²) >= 11 is 0. The monoisotopic (exact) mass is 391 g/mol. The molecular weight excluding hydrogens is 366 g/mol. The molecule has 5 heteroatoms. The molecule has 0 aliphatic heterocycles. The maximum absolute atomic E-state index is 12.3. The number of aliphatic carboxylic acids is 1. The Morgan fingerprint density at radius 1 is 1.03 bits per heavy atom. The molecule has 0 bridgehead atoms. The third kappa shape index (κ3) is 6.62. The predicted molar refractivity (Wildman–Crippen MR) is 113 cm³/mol. The molecule has 2 rings (SSSR count). The zero-order valence-electron chi connectivity index (χ0n) is 16.9. The molecule has 5 nitrogen and oxygen atoms in total. The van der Waals surface area contributed by atoms with Gasteiger partial charge in [0.2, 0.25) is 5.78 Å². The van der Waals surface area contributed by atoms with Gasteiger partial charge in [-0.1, -0.05) is 56.2 Å². The molecule has 0 fully saturated rings. The number of carbonyl (C=O) groups is 3. The quantitative estimate of drug-likeness (QED) is 0.523. The third-order valence-electron chi connectivity index (χ3n) is 4.50. The highest BCUT2D eigenvalue weighted by atomic mass is 16.4. The van der Waals surface area contributed by atoms with Crippen LogP contribution in [0.3, 0.4) is 0 Å². The molecule has 0 heterocycles. The Balaban J connectivity index is 2.02. The van der Waals surface area contributed by atoms with Crippen LogP contribution in [0.2, 0.25) is 0 Å². The molecule has 150 valence electrons. The van der Waals surface area contributed by atoms with E-state index in [0.717, 1.165) is 16.7 Å². The van der Waals surface area contributed by atoms with E-state index in [1.165, 1.54) is 0 Å². The average molecular weight is 391 g/mol. The summed E-state index contributed by atoms with van der Waals surface area (Å²) in [4.78, 5) is 35.5. The van der Waals surface area contributed by atoms with E-state index in [2.05, 4.69) is 31.0 Å². The second-order valence-corrected chi connectivity index (χ2v) is 7.12. The van der Waals surface area contributed by atoms with Gasteiger partial charge in [-0.05, 0) is 41.7 Å². The molecule has 1 amide bonds. The molecular formula is C24H25NO4. The minimum atomic E-state index is -0.928. The van der Waals surface area contributed by atoms with Gasteiger partial charge in [-0.25, -0.2) is 0 Å². The van der Waals surface area contributed by atoms with Gasteiger partial charge in [-0.15, -0.1) is 5.92 Å². The van der Waals surface area contributed by atoms with Crippen molar-refractivity contribution in [1.29, 1.82) is 0 Å². The fourth-order valence-corrected chi connectivity index (χ4v) is 2.93. The second-order valence-electron chi connectivity index (χ2n) is 7.12. The van der Waals surface area contributed by atoms with Gasteiger partial charge in [0.05, 0.1) is 12.3 Å². The number of anilines is 1. The van der Waals surface area contributed by atoms with Crippen LogP contribution in [-0.4, -0.2) is 22.8 Å². The number of benzene rings is 2. The van der Waals surface area contributed by atoms with E-state index >= 15 is 0 Å². The summed E-state index contributed by atoms with van der Waals surface area (Å²) in [6.45, 7) is 5.81. The van der Waals surface area contributed by atoms with E-state index in [1.807, 2.05) is 24.3 Å². The van der Waals surface area contributed by atoms with Gasteiger partial charge >= 0.3 is 5.97 Å². The van der Waals surface area contributed by atoms with Gasteiger partial charge in [0.1, 0.15) is 0 Å². The highest BCUT2D eigenvalue weighted by Gasteiger charge is 2.16. The van der Waals surface area contributed by atoms with E-state index in [0.29, 0.717) is 11.6 Å². The van der Waals surface area contributed by atoms with E-state index in [4.69, 9.17) is 5.11 Å². The summed E-state index contributed by atoms with van der Waals surface area (Å²) in [6, 6.07) is 14.4. The van der Waals surface area contributed by atoms with Gasteiger partial charge in [0.15, 0.2) is 0 Å². The molecule has 0 aliphatic carbocycles. The van der Waals surface area contributed by atoms with Crippen LogP contribution < -0.4 is 5.32 Å². The van der Waals surface area contributed by atoms with Crippen molar-refractivity contribution >= 4 is 23.3 Å². The molecule has 0 aromatic heterocycles. The van der Waals surface area contributed by atoms with Gasteiger partial charge in [0.25, 0.3) is 5.91 Å². The Kier molecular flexibility index (Phi) is 7.73. The Morgan fingerprint density at radius 2 is 1.72 bits per heavy atom. The first-order valence-corrected chi connectivity index (χ1v) is 9.47. The molecule has 0 radical (unpaired) electrons. The lowest BCUT2D eigenvalue weighted by molar-refractivity contribution is -0.137. The SMILES string of the molecule is CC#C[C@@H](CC(=O)O)c1ccc(NC(=O)C(=O)Cc2cccc(C(C)C)c2)cc1. The Bertz CT molecular complexity index is 949. The molecule has 2 aromatic carbocycles. The number of ketones is 1. The summed E-state index contributed by atoms with van der Waals surface area (Å²) in [5.41, 5.74) is 3.15. The molecule has 0 saturated carbocycles. The number of Topliss-reactive ketones (excluding diaryl/α,β-unsaturated/α-hetero) is 1. The molecule has 1 atom stereocenters. The largest absolute Gasteiger partial charge is 0.481 e. The number of hydrogen-bond donors (Lipinski definition) is 2. The van der Waals surface area contributed by atoms with Gasteiger partial charge < -0.3 is 10.4 Å². The van der Waals surface area contributed by atoms with Crippen LogP contribution in [0, 0.1) is 11.8 Å². The number of carboxylic acids is 1. The van der Waals surface area contributed by atoms with Crippen molar-refractivity contribution in [2.24, 2.45) is 0 Å². The smallest absolute Gasteiger partial charge is 0.304 e. The van der Waals surface area contributed by atoms with Crippen molar-refractivity contribution in [2.75, 3.05) is 5.32 Å². The third-order valence-corrected chi connectivity index (χ3v) is 4.50. The first-order valence-electron chi connectivity index (χ1n) is 9.47. The summed E-state index contributed by atoms with van der Waals surface area (Å²) in [5.74, 6) is 3.42. The van der Waals surface area contributed by atoms with Crippen LogP contribution in [0.1, 0.15) is 55.7 Å². The van der Waals surface area contributed by atoms with E-state index in [-0.39, 0.29) is 12.8 Å². The highest BCUT2D eigenvalue weighted by Crippen LogP contribution is 2.21. The normalized spacial score (nSPS) is 11.3. The summed E-state index contributed by atoms with van der Waals surface area (Å²) in [6.07, 6.45) is -0.0578. The van der Waals surface area contributed by atoms with Crippen molar-refractivity contribution in [2.45, 2.75) is 45.4 Å². The lowest BCUT2D eigenvalue weighted by Crippen LogP contribution is -2.24. The van der Waals surface area contributed by atoms with Gasteiger partial charge in [-0.3, -0.25) is 14.4 Å². The van der Waals surface area contributed by atoms with Crippen LogP contribution in [0.25, 0.3) is 0 Å². The topological polar surface area (TPSA) is 83.5 Å². The summed E-state index contributed by atoms with van der Waals surface area (Å²) < 4.78 is 0. The number of carboxylic acid groups (broad SMARTS) is 1. The van der Waals surface area contributed by atoms with Crippen molar-refractivity contribution in [3.8, 4) is 11.8 Å². The Hall–Kier alpha value is -3.39. The van der Waals surface area contributed by atoms with Crippen molar-refractivity contribution < 1.29 is 19.5 Å². The lowest BCUT2D eigenvalue weighted by Gasteiger charge is -2.11. The molecule has 29 heavy (non-hydrogen) atoms. The Morgan fingerprint density at radius 3 is 2.31 bits per heavy atom. The van der Waals surface area contributed by atoms with Gasteiger partial charge in [-0.2, -0.15) is 0 Å². The fraction of sp³-hybridized carbons (Fsp3) is 0.292. The second kappa shape index (κ2) is 10.2. The van der Waals surface area contributed by atoms with Gasteiger partial charge in [0, 0.05) is 12.1 Å². The lowest BCUT2D eigenvalue weighted by atomic mass is 9.96. The molecule has 2 N–H and O–H groups in total. The van der Waals surface area contributed by atoms with Crippen LogP contribution in [0.15, 0.2) is 48.5 Å².